The number of aliphatic hydroxyl groups is 2. The van der Waals surface area contributed by atoms with Gasteiger partial charge in [-0.2, -0.15) is 0 Å². The molecule has 0 aromatic heterocycles. The van der Waals surface area contributed by atoms with Gasteiger partial charge < -0.3 is 52.8 Å². The van der Waals surface area contributed by atoms with Crippen molar-refractivity contribution in [2.75, 3.05) is 20.3 Å². The molecule has 2 saturated heterocycles. The van der Waals surface area contributed by atoms with Crippen molar-refractivity contribution < 1.29 is 52.8 Å². The van der Waals surface area contributed by atoms with E-state index in [-0.39, 0.29) is 33.0 Å². The number of aliphatic hydroxyl groups excluding tert-OH is 2. The Balaban J connectivity index is 1.24. The van der Waals surface area contributed by atoms with E-state index in [1.807, 2.05) is 152 Å². The van der Waals surface area contributed by atoms with Crippen molar-refractivity contribution in [3.63, 3.8) is 0 Å². The average Bonchev–Trinajstić information content (AvgIpc) is 3.29. The maximum atomic E-state index is 11.6. The maximum Gasteiger partial charge on any atom is 0.187 e. The number of hydrogen-bond acceptors (Lipinski definition) is 11. The molecule has 2 fully saturated rings. The lowest BCUT2D eigenvalue weighted by Crippen LogP contribution is -2.66. The van der Waals surface area contributed by atoms with E-state index in [9.17, 15) is 10.2 Å². The molecule has 10 atom stereocenters. The number of benzene rings is 5. The van der Waals surface area contributed by atoms with E-state index >= 15 is 0 Å². The van der Waals surface area contributed by atoms with Gasteiger partial charge in [-0.25, -0.2) is 0 Å². The monoisotopic (exact) mass is 806 g/mol. The Hall–Kier alpha value is -4.34. The standard InChI is InChI=1S/C48H54O11/c1-51-47-46(43(41(50)39(27-49)57-47)54-30-36-21-11-4-12-22-36)59-48-45(56-32-38-25-15-6-16-26-38)44(55-31-37-23-13-5-14-24-37)42(53-29-35-19-9-3-10-20-35)40(58-48)33-52-28-34-17-7-2-8-18-34/h2-26,39-50H,27-33H2,1H3/t39-,40-,41+,42-,43+,44+,45-,46-,47-,48-/m1/s1. The van der Waals surface area contributed by atoms with E-state index in [0.717, 1.165) is 27.8 Å². The zero-order valence-corrected chi connectivity index (χ0v) is 33.2. The molecule has 5 aromatic rings. The Bertz CT molecular complexity index is 1890. The largest absolute Gasteiger partial charge is 0.394 e. The fourth-order valence-electron chi connectivity index (χ4n) is 7.34. The molecule has 7 rings (SSSR count). The Morgan fingerprint density at radius 2 is 0.831 bits per heavy atom. The summed E-state index contributed by atoms with van der Waals surface area (Å²) < 4.78 is 59.0. The quantitative estimate of drug-likeness (QED) is 0.0912. The summed E-state index contributed by atoms with van der Waals surface area (Å²) in [6.45, 7) is 0.898. The van der Waals surface area contributed by atoms with E-state index in [1.165, 1.54) is 7.11 Å². The molecule has 0 aliphatic carbocycles. The minimum atomic E-state index is -1.27. The lowest BCUT2D eigenvalue weighted by atomic mass is 9.96. The molecule has 0 bridgehead atoms. The van der Waals surface area contributed by atoms with Crippen LogP contribution in [0.2, 0.25) is 0 Å². The van der Waals surface area contributed by atoms with Crippen molar-refractivity contribution in [1.82, 2.24) is 0 Å². The highest BCUT2D eigenvalue weighted by Gasteiger charge is 2.54. The lowest BCUT2D eigenvalue weighted by molar-refractivity contribution is -0.378. The minimum Gasteiger partial charge on any atom is -0.394 e. The summed E-state index contributed by atoms with van der Waals surface area (Å²) in [7, 11) is 1.48. The SMILES string of the molecule is CO[C@@H]1O[C@H](CO)[C@H](O)[C@H](OCc2ccccc2)[C@H]1O[C@H]1O[C@H](COCc2ccccc2)[C@@H](OCc2ccccc2)[C@H](OCc2ccccc2)[C@H]1OCc1ccccc1. The molecule has 11 nitrogen and oxygen atoms in total. The van der Waals surface area contributed by atoms with Gasteiger partial charge in [-0.3, -0.25) is 0 Å². The van der Waals surface area contributed by atoms with Crippen LogP contribution in [0, 0.1) is 0 Å². The lowest BCUT2D eigenvalue weighted by Gasteiger charge is -2.49. The molecule has 2 aliphatic rings. The zero-order valence-electron chi connectivity index (χ0n) is 33.2. The molecule has 312 valence electrons. The zero-order chi connectivity index (χ0) is 40.7. The van der Waals surface area contributed by atoms with Crippen LogP contribution in [0.15, 0.2) is 152 Å². The first kappa shape index (κ1) is 42.8. The van der Waals surface area contributed by atoms with Crippen molar-refractivity contribution in [2.45, 2.75) is 94.4 Å². The van der Waals surface area contributed by atoms with Gasteiger partial charge in [0.25, 0.3) is 0 Å². The van der Waals surface area contributed by atoms with E-state index in [0.29, 0.717) is 6.61 Å². The van der Waals surface area contributed by atoms with E-state index in [1.54, 1.807) is 0 Å². The van der Waals surface area contributed by atoms with Crippen LogP contribution in [0.3, 0.4) is 0 Å². The van der Waals surface area contributed by atoms with Crippen LogP contribution >= 0.6 is 0 Å². The maximum absolute atomic E-state index is 11.6. The van der Waals surface area contributed by atoms with E-state index < -0.39 is 68.0 Å². The molecule has 11 heteroatoms. The summed E-state index contributed by atoms with van der Waals surface area (Å²) in [4.78, 5) is 0. The molecule has 5 aromatic carbocycles. The average molecular weight is 807 g/mol. The number of rotatable bonds is 20. The summed E-state index contributed by atoms with van der Waals surface area (Å²) in [5.41, 5.74) is 4.77. The highest BCUT2D eigenvalue weighted by molar-refractivity contribution is 5.17. The van der Waals surface area contributed by atoms with Crippen LogP contribution in [-0.4, -0.2) is 91.9 Å². The normalized spacial score (nSPS) is 27.0. The Morgan fingerprint density at radius 1 is 0.441 bits per heavy atom. The fraction of sp³-hybridized carbons (Fsp3) is 0.375. The fourth-order valence-corrected chi connectivity index (χ4v) is 7.34. The summed E-state index contributed by atoms with van der Waals surface area (Å²) >= 11 is 0. The van der Waals surface area contributed by atoms with Crippen LogP contribution in [0.1, 0.15) is 27.8 Å². The van der Waals surface area contributed by atoms with Gasteiger partial charge in [0.05, 0.1) is 46.2 Å². The highest BCUT2D eigenvalue weighted by atomic mass is 16.8. The van der Waals surface area contributed by atoms with Crippen LogP contribution in [0.25, 0.3) is 0 Å². The molecule has 2 aliphatic heterocycles. The van der Waals surface area contributed by atoms with Gasteiger partial charge in [-0.1, -0.05) is 152 Å². The minimum absolute atomic E-state index is 0.128. The molecule has 0 saturated carbocycles. The summed E-state index contributed by atoms with van der Waals surface area (Å²) in [5, 5.41) is 21.8. The molecular weight excluding hydrogens is 753 g/mol. The third-order valence-electron chi connectivity index (χ3n) is 10.4. The molecule has 0 spiro atoms. The second-order valence-corrected chi connectivity index (χ2v) is 14.6. The summed E-state index contributed by atoms with van der Waals surface area (Å²) in [6.07, 6.45) is -9.55. The topological polar surface area (TPSA) is 124 Å². The molecule has 0 amide bonds. The predicted molar refractivity (Wildman–Crippen MR) is 218 cm³/mol. The molecule has 2 N–H and O–H groups in total. The number of methoxy groups -OCH3 is 1. The van der Waals surface area contributed by atoms with Crippen LogP contribution in [0.5, 0.6) is 0 Å². The van der Waals surface area contributed by atoms with Crippen molar-refractivity contribution in [3.8, 4) is 0 Å². The Morgan fingerprint density at radius 3 is 1.27 bits per heavy atom. The van der Waals surface area contributed by atoms with Gasteiger partial charge >= 0.3 is 0 Å². The molecule has 0 radical (unpaired) electrons. The van der Waals surface area contributed by atoms with Crippen LogP contribution in [0.4, 0.5) is 0 Å². The summed E-state index contributed by atoms with van der Waals surface area (Å²) in [6, 6.07) is 49.2. The van der Waals surface area contributed by atoms with Gasteiger partial charge in [0.1, 0.15) is 48.8 Å². The number of ether oxygens (including phenoxy) is 9. The molecule has 2 heterocycles. The first-order valence-electron chi connectivity index (χ1n) is 20.1. The third kappa shape index (κ3) is 11.9. The van der Waals surface area contributed by atoms with Crippen LogP contribution < -0.4 is 0 Å². The van der Waals surface area contributed by atoms with Gasteiger partial charge in [0.15, 0.2) is 12.6 Å². The molecular formula is C48H54O11. The third-order valence-corrected chi connectivity index (χ3v) is 10.4. The van der Waals surface area contributed by atoms with Gasteiger partial charge in [0.2, 0.25) is 0 Å². The Kier molecular flexibility index (Phi) is 16.2. The second-order valence-electron chi connectivity index (χ2n) is 14.6. The first-order chi connectivity index (χ1) is 29.1. The van der Waals surface area contributed by atoms with Crippen LogP contribution in [-0.2, 0) is 75.7 Å². The van der Waals surface area contributed by atoms with Gasteiger partial charge in [0, 0.05) is 7.11 Å². The number of hydrogen-bond donors (Lipinski definition) is 2. The summed E-state index contributed by atoms with van der Waals surface area (Å²) in [5.74, 6) is 0. The van der Waals surface area contributed by atoms with Crippen molar-refractivity contribution in [1.29, 1.82) is 0 Å². The first-order valence-corrected chi connectivity index (χ1v) is 20.1. The molecule has 59 heavy (non-hydrogen) atoms. The van der Waals surface area contributed by atoms with Crippen molar-refractivity contribution in [2.24, 2.45) is 0 Å². The predicted octanol–water partition coefficient (Wildman–Crippen LogP) is 6.38. The Labute approximate surface area is 346 Å². The van der Waals surface area contributed by atoms with Crippen molar-refractivity contribution >= 4 is 0 Å². The highest BCUT2D eigenvalue weighted by Crippen LogP contribution is 2.35. The van der Waals surface area contributed by atoms with E-state index in [4.69, 9.17) is 42.6 Å². The van der Waals surface area contributed by atoms with Crippen molar-refractivity contribution in [3.05, 3.63) is 179 Å². The van der Waals surface area contributed by atoms with Gasteiger partial charge in [-0.05, 0) is 27.8 Å². The van der Waals surface area contributed by atoms with E-state index in [2.05, 4.69) is 0 Å². The second kappa shape index (κ2) is 22.3. The smallest absolute Gasteiger partial charge is 0.187 e. The molecule has 0 unspecified atom stereocenters. The van der Waals surface area contributed by atoms with Gasteiger partial charge in [-0.15, -0.1) is 0 Å².